The van der Waals surface area contributed by atoms with Gasteiger partial charge in [-0.1, -0.05) is 67.6 Å². The maximum atomic E-state index is 13.1. The molecule has 3 N–H and O–H groups in total. The molecule has 3 rings (SSSR count). The molecule has 8 heteroatoms. The van der Waals surface area contributed by atoms with E-state index in [-0.39, 0.29) is 13.2 Å². The van der Waals surface area contributed by atoms with Gasteiger partial charge in [0.15, 0.2) is 0 Å². The number of nitrogens with two attached hydrogens (primary N) is 1. The number of aliphatic hydroxyl groups excluding tert-OH is 1. The van der Waals surface area contributed by atoms with Gasteiger partial charge in [0.05, 0.1) is 12.1 Å². The molecule has 170 valence electrons. The number of carbonyl (C=O) groups excluding carboxylic acids is 3. The normalized spacial score (nSPS) is 19.6. The Morgan fingerprint density at radius 1 is 1.12 bits per heavy atom. The van der Waals surface area contributed by atoms with Crippen LogP contribution in [0.5, 0.6) is 0 Å². The Kier molecular flexibility index (Phi) is 7.61. The number of aliphatic hydroxyl groups is 1. The molecule has 0 aliphatic carbocycles. The fraction of sp³-hybridized carbons (Fsp3) is 0.375. The molecule has 2 aromatic rings. The van der Waals surface area contributed by atoms with Gasteiger partial charge in [-0.15, -0.1) is 0 Å². The molecule has 4 unspecified atom stereocenters. The molecule has 1 aliphatic heterocycles. The van der Waals surface area contributed by atoms with Crippen LogP contribution in [0.3, 0.4) is 0 Å². The predicted octanol–water partition coefficient (Wildman–Crippen LogP) is 2.22. The molecule has 2 aromatic carbocycles. The molecule has 0 spiro atoms. The van der Waals surface area contributed by atoms with E-state index in [0.29, 0.717) is 12.0 Å². The van der Waals surface area contributed by atoms with Gasteiger partial charge >= 0.3 is 6.09 Å². The number of amides is 3. The average molecular weight is 440 g/mol. The highest BCUT2D eigenvalue weighted by molar-refractivity contribution is 6.07. The predicted molar refractivity (Wildman–Crippen MR) is 118 cm³/mol. The van der Waals surface area contributed by atoms with Gasteiger partial charge in [-0.05, 0) is 24.5 Å². The van der Waals surface area contributed by atoms with Gasteiger partial charge in [0, 0.05) is 6.54 Å². The highest BCUT2D eigenvalue weighted by atomic mass is 16.6. The number of ether oxygens (including phenoxy) is 1. The Morgan fingerprint density at radius 2 is 1.72 bits per heavy atom. The lowest BCUT2D eigenvalue weighted by atomic mass is 9.86. The molecule has 0 saturated carbocycles. The first-order chi connectivity index (χ1) is 15.4. The van der Waals surface area contributed by atoms with Crippen molar-refractivity contribution >= 4 is 17.9 Å². The second-order valence-electron chi connectivity index (χ2n) is 7.85. The number of nitrogens with zero attached hydrogens (tertiary/aromatic N) is 2. The summed E-state index contributed by atoms with van der Waals surface area (Å²) >= 11 is 0. The van der Waals surface area contributed by atoms with Gasteiger partial charge in [0.25, 0.3) is 5.91 Å². The van der Waals surface area contributed by atoms with Gasteiger partial charge in [0.2, 0.25) is 5.91 Å². The first-order valence-corrected chi connectivity index (χ1v) is 10.7. The lowest BCUT2D eigenvalue weighted by Gasteiger charge is -2.50. The molecule has 4 atom stereocenters. The Hall–Kier alpha value is -3.23. The summed E-state index contributed by atoms with van der Waals surface area (Å²) in [7, 11) is 0. The fourth-order valence-electron chi connectivity index (χ4n) is 3.76. The zero-order chi connectivity index (χ0) is 23.3. The third-order valence-corrected chi connectivity index (χ3v) is 5.49. The number of likely N-dealkylation sites (tertiary alicyclic amines) is 1. The Balaban J connectivity index is 1.86. The summed E-state index contributed by atoms with van der Waals surface area (Å²) in [4.78, 5) is 41.4. The largest absolute Gasteiger partial charge is 0.445 e. The molecular formula is C24H29N3O5. The zero-order valence-electron chi connectivity index (χ0n) is 18.3. The molecular weight excluding hydrogens is 410 g/mol. The maximum Gasteiger partial charge on any atom is 0.410 e. The molecule has 1 fully saturated rings. The van der Waals surface area contributed by atoms with Crippen LogP contribution in [-0.4, -0.2) is 57.5 Å². The van der Waals surface area contributed by atoms with Crippen molar-refractivity contribution in [2.75, 3.05) is 6.54 Å². The standard InChI is InChI=1S/C24H29N3O5/c1-3-14-26(24(31)32-15-17-10-6-4-7-11-17)21-20(18-12-8-5-9-13-18)27(23(21)30)22(29)19(25)16(2)28/h4-13,16,19-21,28H,3,14-15,25H2,1-2H3. The van der Waals surface area contributed by atoms with E-state index in [1.165, 1.54) is 11.8 Å². The van der Waals surface area contributed by atoms with Gasteiger partial charge < -0.3 is 15.6 Å². The maximum absolute atomic E-state index is 13.1. The van der Waals surface area contributed by atoms with Gasteiger partial charge in [-0.25, -0.2) is 4.79 Å². The van der Waals surface area contributed by atoms with Crippen LogP contribution in [-0.2, 0) is 20.9 Å². The molecule has 0 aromatic heterocycles. The van der Waals surface area contributed by atoms with Crippen molar-refractivity contribution < 1.29 is 24.2 Å². The summed E-state index contributed by atoms with van der Waals surface area (Å²) in [6.45, 7) is 3.65. The van der Waals surface area contributed by atoms with E-state index in [0.717, 1.165) is 10.5 Å². The highest BCUT2D eigenvalue weighted by Crippen LogP contribution is 2.39. The van der Waals surface area contributed by atoms with E-state index in [1.54, 1.807) is 24.3 Å². The number of rotatable bonds is 8. The van der Waals surface area contributed by atoms with E-state index in [9.17, 15) is 19.5 Å². The number of hydrogen-bond acceptors (Lipinski definition) is 6. The van der Waals surface area contributed by atoms with Crippen molar-refractivity contribution in [3.05, 3.63) is 71.8 Å². The molecule has 32 heavy (non-hydrogen) atoms. The molecule has 3 amide bonds. The van der Waals surface area contributed by atoms with Crippen LogP contribution >= 0.6 is 0 Å². The summed E-state index contributed by atoms with van der Waals surface area (Å²) in [5.74, 6) is -1.21. The van der Waals surface area contributed by atoms with Crippen LogP contribution in [0, 0.1) is 0 Å². The summed E-state index contributed by atoms with van der Waals surface area (Å²) in [6.07, 6.45) is -1.14. The van der Waals surface area contributed by atoms with Crippen molar-refractivity contribution in [1.82, 2.24) is 9.80 Å². The number of hydrogen-bond donors (Lipinski definition) is 2. The highest BCUT2D eigenvalue weighted by Gasteiger charge is 2.56. The lowest BCUT2D eigenvalue weighted by molar-refractivity contribution is -0.170. The van der Waals surface area contributed by atoms with E-state index < -0.39 is 42.1 Å². The van der Waals surface area contributed by atoms with Crippen molar-refractivity contribution in [3.8, 4) is 0 Å². The van der Waals surface area contributed by atoms with E-state index in [4.69, 9.17) is 10.5 Å². The van der Waals surface area contributed by atoms with Crippen LogP contribution < -0.4 is 5.73 Å². The van der Waals surface area contributed by atoms with Crippen LogP contribution in [0.15, 0.2) is 60.7 Å². The first-order valence-electron chi connectivity index (χ1n) is 10.7. The van der Waals surface area contributed by atoms with Gasteiger partial charge in [-0.3, -0.25) is 19.4 Å². The number of imide groups is 1. The summed E-state index contributed by atoms with van der Waals surface area (Å²) < 4.78 is 5.48. The van der Waals surface area contributed by atoms with Crippen LogP contribution in [0.2, 0.25) is 0 Å². The van der Waals surface area contributed by atoms with Gasteiger partial charge in [-0.2, -0.15) is 0 Å². The molecule has 1 saturated heterocycles. The minimum atomic E-state index is -1.24. The third-order valence-electron chi connectivity index (χ3n) is 5.49. The topological polar surface area (TPSA) is 113 Å². The second kappa shape index (κ2) is 10.4. The number of carbonyl (C=O) groups is 3. The molecule has 0 bridgehead atoms. The number of benzene rings is 2. The third kappa shape index (κ3) is 4.81. The summed E-state index contributed by atoms with van der Waals surface area (Å²) in [5, 5.41) is 9.76. The van der Waals surface area contributed by atoms with Gasteiger partial charge in [0.1, 0.15) is 18.7 Å². The Bertz CT molecular complexity index is 935. The molecule has 1 aliphatic rings. The first kappa shape index (κ1) is 23.4. The summed E-state index contributed by atoms with van der Waals surface area (Å²) in [6, 6.07) is 15.4. The van der Waals surface area contributed by atoms with Crippen molar-refractivity contribution in [2.45, 2.75) is 51.1 Å². The van der Waals surface area contributed by atoms with Crippen molar-refractivity contribution in [3.63, 3.8) is 0 Å². The minimum Gasteiger partial charge on any atom is -0.445 e. The zero-order valence-corrected chi connectivity index (χ0v) is 18.3. The fourth-order valence-corrected chi connectivity index (χ4v) is 3.76. The minimum absolute atomic E-state index is 0.0757. The van der Waals surface area contributed by atoms with Crippen LogP contribution in [0.4, 0.5) is 4.79 Å². The smallest absolute Gasteiger partial charge is 0.410 e. The quantitative estimate of drug-likeness (QED) is 0.610. The van der Waals surface area contributed by atoms with Crippen molar-refractivity contribution in [1.29, 1.82) is 0 Å². The Morgan fingerprint density at radius 3 is 2.28 bits per heavy atom. The Labute approximate surface area is 187 Å². The second-order valence-corrected chi connectivity index (χ2v) is 7.85. The summed E-state index contributed by atoms with van der Waals surface area (Å²) in [5.41, 5.74) is 7.35. The molecule has 0 radical (unpaired) electrons. The van der Waals surface area contributed by atoms with Crippen LogP contribution in [0.1, 0.15) is 37.4 Å². The average Bonchev–Trinajstić information content (AvgIpc) is 2.81. The lowest BCUT2D eigenvalue weighted by Crippen LogP contribution is -2.70. The monoisotopic (exact) mass is 439 g/mol. The van der Waals surface area contributed by atoms with Crippen LogP contribution in [0.25, 0.3) is 0 Å². The van der Waals surface area contributed by atoms with E-state index in [1.807, 2.05) is 43.3 Å². The van der Waals surface area contributed by atoms with Crippen molar-refractivity contribution in [2.24, 2.45) is 5.73 Å². The van der Waals surface area contributed by atoms with E-state index in [2.05, 4.69) is 0 Å². The molecule has 8 nitrogen and oxygen atoms in total. The SMILES string of the molecule is CCCN(C(=O)OCc1ccccc1)C1C(=O)N(C(=O)C(N)C(C)O)C1c1ccccc1. The van der Waals surface area contributed by atoms with E-state index >= 15 is 0 Å². The number of β-lactam (4-membered cyclic amide) rings is 1. The molecule has 1 heterocycles.